The van der Waals surface area contributed by atoms with Gasteiger partial charge in [0.2, 0.25) is 5.78 Å². The zero-order valence-corrected chi connectivity index (χ0v) is 30.9. The number of carbonyl (C=O) groups is 3. The number of aromatic nitrogens is 4. The van der Waals surface area contributed by atoms with Gasteiger partial charge < -0.3 is 41.6 Å². The largest absolute Gasteiger partial charge is 0.481 e. The Kier molecular flexibility index (Phi) is 10.8. The zero-order valence-electron chi connectivity index (χ0n) is 30.9. The number of unbranched alkanes of at least 4 members (excludes halogenated alkanes) is 1. The van der Waals surface area contributed by atoms with E-state index in [1.165, 1.54) is 0 Å². The summed E-state index contributed by atoms with van der Waals surface area (Å²) >= 11 is 0. The van der Waals surface area contributed by atoms with Crippen molar-refractivity contribution in [2.75, 3.05) is 0 Å². The summed E-state index contributed by atoms with van der Waals surface area (Å²) in [6.07, 6.45) is 9.71. The molecule has 1 aliphatic heterocycles. The third kappa shape index (κ3) is 7.18. The molecule has 5 heterocycles. The van der Waals surface area contributed by atoms with E-state index in [1.807, 2.05) is 52.8 Å². The van der Waals surface area contributed by atoms with Crippen LogP contribution in [0.4, 0.5) is 0 Å². The molecule has 8 bridgehead atoms. The van der Waals surface area contributed by atoms with E-state index in [2.05, 4.69) is 33.8 Å². The highest BCUT2D eigenvalue weighted by molar-refractivity contribution is 6.24. The molecule has 0 spiro atoms. The fourth-order valence-electron chi connectivity index (χ4n) is 7.54. The number of aliphatic carboxylic acids is 2. The number of carboxylic acid groups (broad SMARTS) is 2. The van der Waals surface area contributed by atoms with Gasteiger partial charge in [0.15, 0.2) is 0 Å². The smallest absolute Gasteiger partial charge is 0.303 e. The Morgan fingerprint density at radius 1 is 0.647 bits per heavy atom. The molecule has 0 aromatic carbocycles. The van der Waals surface area contributed by atoms with E-state index in [0.717, 1.165) is 84.1 Å². The van der Waals surface area contributed by atoms with Crippen molar-refractivity contribution >= 4 is 41.5 Å². The summed E-state index contributed by atoms with van der Waals surface area (Å²) in [7, 11) is 0. The number of carbonyl (C=O) groups excluding carboxylic acids is 1. The summed E-state index contributed by atoms with van der Waals surface area (Å²) in [5, 5.41) is 22.2. The van der Waals surface area contributed by atoms with Crippen molar-refractivity contribution in [1.29, 1.82) is 0 Å². The number of hydrogen-bond acceptors (Lipinski definition) is 5. The average Bonchev–Trinajstić information content (AvgIpc) is 3.74. The maximum Gasteiger partial charge on any atom is 0.303 e. The van der Waals surface area contributed by atoms with E-state index in [4.69, 9.17) is 11.5 Å². The molecule has 0 unspecified atom stereocenters. The van der Waals surface area contributed by atoms with Gasteiger partial charge in [-0.1, -0.05) is 33.6 Å². The van der Waals surface area contributed by atoms with Crippen LogP contribution in [0.1, 0.15) is 120 Å². The Bertz CT molecular complexity index is 2270. The van der Waals surface area contributed by atoms with E-state index >= 15 is 0 Å². The minimum absolute atomic E-state index is 0.0496. The highest BCUT2D eigenvalue weighted by Gasteiger charge is 2.35. The number of nitrogens with one attached hydrogen (secondary N) is 4. The highest BCUT2D eigenvalue weighted by atomic mass is 16.4. The van der Waals surface area contributed by atoms with Crippen molar-refractivity contribution in [3.8, 4) is 0 Å². The second-order valence-corrected chi connectivity index (χ2v) is 13.9. The van der Waals surface area contributed by atoms with E-state index in [-0.39, 0.29) is 18.6 Å². The fraction of sp³-hybridized carbons (Fsp3) is 0.425. The van der Waals surface area contributed by atoms with Gasteiger partial charge in [-0.3, -0.25) is 14.4 Å². The molecule has 51 heavy (non-hydrogen) atoms. The predicted molar refractivity (Wildman–Crippen MR) is 200 cm³/mol. The topological polar surface area (TPSA) is 207 Å². The Morgan fingerprint density at radius 3 is 1.80 bits per heavy atom. The van der Waals surface area contributed by atoms with Crippen LogP contribution in [0.15, 0.2) is 0 Å². The Balaban J connectivity index is 1.99. The highest BCUT2D eigenvalue weighted by Crippen LogP contribution is 2.28. The maximum atomic E-state index is 14.7. The normalized spacial score (nSPS) is 12.8. The SMILES string of the molecule is CCCCC(N)(N)C(=O)C1=c2[nH]c(c(C)c2CC)=Cc2[nH]c(c(CCC(=O)O)c2C)C=c2[nH]c(c(C)c2CCC(=O)O)=Cc2[nH]c1c(C)c2CC. The van der Waals surface area contributed by atoms with Gasteiger partial charge in [0.05, 0.1) is 16.6 Å². The summed E-state index contributed by atoms with van der Waals surface area (Å²) in [5.41, 5.74) is 22.6. The van der Waals surface area contributed by atoms with Crippen molar-refractivity contribution in [2.45, 2.75) is 112 Å². The van der Waals surface area contributed by atoms with E-state index in [1.54, 1.807) is 0 Å². The van der Waals surface area contributed by atoms with Gasteiger partial charge in [-0.2, -0.15) is 0 Å². The molecule has 272 valence electrons. The van der Waals surface area contributed by atoms with Crippen molar-refractivity contribution in [1.82, 2.24) is 19.9 Å². The molecular formula is C40H52N6O5. The number of Topliss-reactive ketones (excluding diaryl/α,β-unsaturated/α-hetero) is 1. The first-order valence-electron chi connectivity index (χ1n) is 18.0. The average molecular weight is 697 g/mol. The lowest BCUT2D eigenvalue weighted by Crippen LogP contribution is -2.57. The van der Waals surface area contributed by atoms with Crippen molar-refractivity contribution < 1.29 is 24.6 Å². The number of ketones is 1. The van der Waals surface area contributed by atoms with Gasteiger partial charge >= 0.3 is 11.9 Å². The quantitative estimate of drug-likeness (QED) is 0.0980. The van der Waals surface area contributed by atoms with Gasteiger partial charge in [-0.05, 0) is 123 Å². The molecule has 10 N–H and O–H groups in total. The molecule has 4 aromatic heterocycles. The van der Waals surface area contributed by atoms with Crippen molar-refractivity contribution in [3.05, 3.63) is 88.7 Å². The first-order valence-corrected chi connectivity index (χ1v) is 18.0. The van der Waals surface area contributed by atoms with Gasteiger partial charge in [0, 0.05) is 46.0 Å². The second-order valence-electron chi connectivity index (χ2n) is 13.9. The molecule has 0 aliphatic carbocycles. The van der Waals surface area contributed by atoms with Crippen LogP contribution in [0.5, 0.6) is 0 Å². The molecule has 0 radical (unpaired) electrons. The van der Waals surface area contributed by atoms with Crippen molar-refractivity contribution in [3.63, 3.8) is 0 Å². The molecule has 0 saturated carbocycles. The molecule has 11 nitrogen and oxygen atoms in total. The number of nitrogens with two attached hydrogens (primary N) is 2. The van der Waals surface area contributed by atoms with Crippen LogP contribution in [0.3, 0.4) is 0 Å². The maximum absolute atomic E-state index is 14.7. The van der Waals surface area contributed by atoms with Gasteiger partial charge in [0.25, 0.3) is 0 Å². The minimum Gasteiger partial charge on any atom is -0.481 e. The van der Waals surface area contributed by atoms with Crippen LogP contribution < -0.4 is 32.9 Å². The molecule has 0 atom stereocenters. The minimum atomic E-state index is -1.60. The molecule has 11 heteroatoms. The Morgan fingerprint density at radius 2 is 1.20 bits per heavy atom. The molecule has 5 rings (SSSR count). The third-order valence-corrected chi connectivity index (χ3v) is 10.6. The number of rotatable bonds is 13. The van der Waals surface area contributed by atoms with Crippen LogP contribution in [0.25, 0.3) is 23.8 Å². The number of hydrogen-bond donors (Lipinski definition) is 8. The summed E-state index contributed by atoms with van der Waals surface area (Å²) in [6.45, 7) is 14.2. The molecule has 0 saturated heterocycles. The Labute approximate surface area is 297 Å². The number of fused-ring (bicyclic) bond motifs is 8. The van der Waals surface area contributed by atoms with Crippen molar-refractivity contribution in [2.24, 2.45) is 11.5 Å². The predicted octanol–water partition coefficient (Wildman–Crippen LogP) is 2.76. The number of aromatic amines is 4. The lowest BCUT2D eigenvalue weighted by atomic mass is 9.89. The van der Waals surface area contributed by atoms with Crippen LogP contribution >= 0.6 is 0 Å². The second kappa shape index (κ2) is 14.8. The zero-order chi connectivity index (χ0) is 37.4. The Hall–Kier alpha value is -4.87. The molecule has 0 amide bonds. The monoisotopic (exact) mass is 696 g/mol. The number of H-pyrrole nitrogens is 4. The van der Waals surface area contributed by atoms with Gasteiger partial charge in [-0.25, -0.2) is 0 Å². The van der Waals surface area contributed by atoms with E-state index in [0.29, 0.717) is 55.1 Å². The fourth-order valence-corrected chi connectivity index (χ4v) is 7.54. The van der Waals surface area contributed by atoms with E-state index < -0.39 is 17.6 Å². The lowest BCUT2D eigenvalue weighted by molar-refractivity contribution is -0.138. The lowest BCUT2D eigenvalue weighted by Gasteiger charge is -2.24. The van der Waals surface area contributed by atoms with Crippen LogP contribution in [-0.4, -0.2) is 53.5 Å². The number of carboxylic acids is 2. The van der Waals surface area contributed by atoms with Gasteiger partial charge in [-0.15, -0.1) is 0 Å². The summed E-state index contributed by atoms with van der Waals surface area (Å²) in [4.78, 5) is 52.5. The van der Waals surface area contributed by atoms with E-state index in [9.17, 15) is 24.6 Å². The first kappa shape index (κ1) is 37.4. The van der Waals surface area contributed by atoms with Gasteiger partial charge in [0.1, 0.15) is 5.66 Å². The first-order chi connectivity index (χ1) is 24.1. The molecule has 4 aromatic rings. The standard InChI is InChI=1S/C40H52N6O5/c1-8-11-16-40(41,42)39(51)36-37-23(7)24(9-2)31(46-37)18-29-22(6)27(13-15-35(49)50)33(44-29)19-32-26(12-14-34(47)48)21(5)28(43-32)17-30-20(4)25(10-3)38(36)45-30/h17-19,43-46H,8-16,41-42H2,1-7H3,(H,47,48)(H,49,50). The summed E-state index contributed by atoms with van der Waals surface area (Å²) in [6, 6.07) is 0. The third-order valence-electron chi connectivity index (χ3n) is 10.6. The summed E-state index contributed by atoms with van der Waals surface area (Å²) in [5.74, 6) is -2.14. The molecule has 1 aliphatic rings. The van der Waals surface area contributed by atoms with Crippen LogP contribution in [0, 0.1) is 27.7 Å². The van der Waals surface area contributed by atoms with Crippen LogP contribution in [-0.2, 0) is 40.1 Å². The molecular weight excluding hydrogens is 644 g/mol. The van der Waals surface area contributed by atoms with Crippen LogP contribution in [0.2, 0.25) is 0 Å². The molecule has 0 fully saturated rings. The summed E-state index contributed by atoms with van der Waals surface area (Å²) < 4.78 is 0.